The van der Waals surface area contributed by atoms with Crippen molar-refractivity contribution in [1.29, 1.82) is 0 Å². The molecule has 0 fully saturated rings. The van der Waals surface area contributed by atoms with Crippen molar-refractivity contribution in [3.8, 4) is 0 Å². The molecule has 0 heterocycles. The Morgan fingerprint density at radius 1 is 1.06 bits per heavy atom. The highest BCUT2D eigenvalue weighted by molar-refractivity contribution is 8.00. The second kappa shape index (κ2) is 4.71. The summed E-state index contributed by atoms with van der Waals surface area (Å²) >= 11 is 1.84. The summed E-state index contributed by atoms with van der Waals surface area (Å²) in [5.41, 5.74) is 7.07. The third kappa shape index (κ3) is 3.02. The fourth-order valence-corrected chi connectivity index (χ4v) is 2.81. The molecular weight excluding hydrogens is 226 g/mol. The van der Waals surface area contributed by atoms with Gasteiger partial charge in [-0.3, -0.25) is 0 Å². The lowest BCUT2D eigenvalue weighted by Crippen LogP contribution is -2.26. The van der Waals surface area contributed by atoms with Gasteiger partial charge in [-0.05, 0) is 43.7 Å². The number of rotatable bonds is 3. The lowest BCUT2D eigenvalue weighted by Gasteiger charge is -2.21. The van der Waals surface area contributed by atoms with Crippen LogP contribution in [0.1, 0.15) is 19.4 Å². The van der Waals surface area contributed by atoms with E-state index in [9.17, 15) is 0 Å². The maximum atomic E-state index is 5.77. The monoisotopic (exact) mass is 245 g/mol. The van der Waals surface area contributed by atoms with Gasteiger partial charge in [0.25, 0.3) is 0 Å². The lowest BCUT2D eigenvalue weighted by molar-refractivity contribution is 0.723. The van der Waals surface area contributed by atoms with Gasteiger partial charge in [0.05, 0.1) is 0 Å². The summed E-state index contributed by atoms with van der Waals surface area (Å²) in [6, 6.07) is 13.2. The third-order valence-corrected chi connectivity index (χ3v) is 4.06. The smallest absolute Gasteiger partial charge is 0.0273 e. The largest absolute Gasteiger partial charge is 0.329 e. The van der Waals surface area contributed by atoms with Crippen LogP contribution in [0.4, 0.5) is 0 Å². The molecule has 0 spiro atoms. The molecule has 17 heavy (non-hydrogen) atoms. The predicted molar refractivity (Wildman–Crippen MR) is 77.7 cm³/mol. The topological polar surface area (TPSA) is 26.0 Å². The van der Waals surface area contributed by atoms with Crippen LogP contribution in [0.5, 0.6) is 0 Å². The van der Waals surface area contributed by atoms with E-state index in [0.29, 0.717) is 6.54 Å². The van der Waals surface area contributed by atoms with Crippen molar-refractivity contribution in [1.82, 2.24) is 0 Å². The molecule has 0 aliphatic heterocycles. The third-order valence-electron chi connectivity index (χ3n) is 2.85. The SMILES string of the molecule is Cc1ccc2cc(SC(C)(C)CN)ccc2c1. The zero-order valence-corrected chi connectivity index (χ0v) is 11.5. The summed E-state index contributed by atoms with van der Waals surface area (Å²) in [4.78, 5) is 1.29. The van der Waals surface area contributed by atoms with E-state index >= 15 is 0 Å². The van der Waals surface area contributed by atoms with E-state index in [0.717, 1.165) is 0 Å². The molecule has 0 amide bonds. The van der Waals surface area contributed by atoms with Crippen LogP contribution in [-0.4, -0.2) is 11.3 Å². The van der Waals surface area contributed by atoms with E-state index in [2.05, 4.69) is 57.2 Å². The summed E-state index contributed by atoms with van der Waals surface area (Å²) in [6.07, 6.45) is 0. The van der Waals surface area contributed by atoms with Crippen molar-refractivity contribution in [2.75, 3.05) is 6.54 Å². The zero-order chi connectivity index (χ0) is 12.5. The minimum Gasteiger partial charge on any atom is -0.329 e. The average molecular weight is 245 g/mol. The van der Waals surface area contributed by atoms with Gasteiger partial charge in [0.1, 0.15) is 0 Å². The molecular formula is C15H19NS. The molecule has 1 nitrogen and oxygen atoms in total. The normalized spacial score (nSPS) is 12.0. The molecule has 2 aromatic carbocycles. The zero-order valence-electron chi connectivity index (χ0n) is 10.7. The molecule has 2 rings (SSSR count). The molecule has 0 aromatic heterocycles. The van der Waals surface area contributed by atoms with Crippen LogP contribution in [0, 0.1) is 6.92 Å². The van der Waals surface area contributed by atoms with Gasteiger partial charge in [-0.25, -0.2) is 0 Å². The summed E-state index contributed by atoms with van der Waals surface area (Å²) in [6.45, 7) is 7.16. The first-order valence-electron chi connectivity index (χ1n) is 5.90. The van der Waals surface area contributed by atoms with E-state index in [4.69, 9.17) is 5.73 Å². The standard InChI is InChI=1S/C15H19NS/c1-11-4-5-13-9-14(7-6-12(13)8-11)17-15(2,3)10-16/h4-9H,10,16H2,1-3H3. The molecule has 0 aliphatic rings. The van der Waals surface area contributed by atoms with Crippen LogP contribution < -0.4 is 5.73 Å². The molecule has 0 saturated heterocycles. The first kappa shape index (κ1) is 12.5. The average Bonchev–Trinajstić information content (AvgIpc) is 2.29. The number of benzene rings is 2. The van der Waals surface area contributed by atoms with Gasteiger partial charge < -0.3 is 5.73 Å². The summed E-state index contributed by atoms with van der Waals surface area (Å²) in [5, 5.41) is 2.60. The minimum atomic E-state index is 0.0956. The Hall–Kier alpha value is -0.990. The fraction of sp³-hybridized carbons (Fsp3) is 0.333. The molecule has 0 bridgehead atoms. The van der Waals surface area contributed by atoms with Gasteiger partial charge >= 0.3 is 0 Å². The first-order chi connectivity index (χ1) is 8.00. The molecule has 0 saturated carbocycles. The van der Waals surface area contributed by atoms with Crippen LogP contribution in [0.15, 0.2) is 41.3 Å². The van der Waals surface area contributed by atoms with E-state index in [-0.39, 0.29) is 4.75 Å². The lowest BCUT2D eigenvalue weighted by atomic mass is 10.1. The molecule has 90 valence electrons. The summed E-state index contributed by atoms with van der Waals surface area (Å²) < 4.78 is 0.0956. The van der Waals surface area contributed by atoms with Crippen LogP contribution in [-0.2, 0) is 0 Å². The Morgan fingerprint density at radius 2 is 1.71 bits per heavy atom. The van der Waals surface area contributed by atoms with E-state index in [1.807, 2.05) is 11.8 Å². The molecule has 0 unspecified atom stereocenters. The van der Waals surface area contributed by atoms with Gasteiger partial charge in [0, 0.05) is 16.2 Å². The molecule has 2 N–H and O–H groups in total. The number of hydrogen-bond acceptors (Lipinski definition) is 2. The van der Waals surface area contributed by atoms with Crippen molar-refractivity contribution in [2.24, 2.45) is 5.73 Å². The number of hydrogen-bond donors (Lipinski definition) is 1. The number of aryl methyl sites for hydroxylation is 1. The molecule has 0 radical (unpaired) electrons. The van der Waals surface area contributed by atoms with E-state index < -0.39 is 0 Å². The highest BCUT2D eigenvalue weighted by atomic mass is 32.2. The fourth-order valence-electron chi connectivity index (χ4n) is 1.77. The predicted octanol–water partition coefficient (Wildman–Crippen LogP) is 3.98. The maximum Gasteiger partial charge on any atom is 0.0273 e. The molecule has 2 heteroatoms. The van der Waals surface area contributed by atoms with Crippen LogP contribution in [0.2, 0.25) is 0 Å². The second-order valence-electron chi connectivity index (χ2n) is 5.08. The van der Waals surface area contributed by atoms with Crippen molar-refractivity contribution < 1.29 is 0 Å². The van der Waals surface area contributed by atoms with Crippen molar-refractivity contribution in [3.63, 3.8) is 0 Å². The van der Waals surface area contributed by atoms with E-state index in [1.165, 1.54) is 21.2 Å². The number of nitrogens with two attached hydrogens (primary N) is 1. The number of thioether (sulfide) groups is 1. The van der Waals surface area contributed by atoms with Crippen LogP contribution >= 0.6 is 11.8 Å². The summed E-state index contributed by atoms with van der Waals surface area (Å²) in [5.74, 6) is 0. The number of fused-ring (bicyclic) bond motifs is 1. The highest BCUT2D eigenvalue weighted by Crippen LogP contribution is 2.33. The Morgan fingerprint density at radius 3 is 2.41 bits per heavy atom. The van der Waals surface area contributed by atoms with Gasteiger partial charge in [-0.1, -0.05) is 29.8 Å². The van der Waals surface area contributed by atoms with Crippen molar-refractivity contribution >= 4 is 22.5 Å². The highest BCUT2D eigenvalue weighted by Gasteiger charge is 2.16. The molecule has 0 aliphatic carbocycles. The van der Waals surface area contributed by atoms with E-state index in [1.54, 1.807) is 0 Å². The van der Waals surface area contributed by atoms with Crippen LogP contribution in [0.25, 0.3) is 10.8 Å². The van der Waals surface area contributed by atoms with Gasteiger partial charge in [-0.15, -0.1) is 11.8 Å². The Labute approximate surface area is 107 Å². The van der Waals surface area contributed by atoms with Gasteiger partial charge in [0.2, 0.25) is 0 Å². The molecule has 2 aromatic rings. The van der Waals surface area contributed by atoms with Crippen molar-refractivity contribution in [3.05, 3.63) is 42.0 Å². The second-order valence-corrected chi connectivity index (χ2v) is 6.86. The van der Waals surface area contributed by atoms with Gasteiger partial charge in [0.15, 0.2) is 0 Å². The molecule has 0 atom stereocenters. The first-order valence-corrected chi connectivity index (χ1v) is 6.71. The minimum absolute atomic E-state index is 0.0956. The van der Waals surface area contributed by atoms with Crippen LogP contribution in [0.3, 0.4) is 0 Å². The van der Waals surface area contributed by atoms with Crippen molar-refractivity contribution in [2.45, 2.75) is 30.4 Å². The Bertz CT molecular complexity index is 531. The Balaban J connectivity index is 2.35. The van der Waals surface area contributed by atoms with Gasteiger partial charge in [-0.2, -0.15) is 0 Å². The summed E-state index contributed by atoms with van der Waals surface area (Å²) in [7, 11) is 0. The maximum absolute atomic E-state index is 5.77. The quantitative estimate of drug-likeness (QED) is 0.828. The Kier molecular flexibility index (Phi) is 3.45.